The molecule has 0 fully saturated rings. The standard InChI is InChI=1S/C19H26N4O3S/c1-12(2)17(25)21-9-8-20-15(24)7-10-23-11-22-18-16(19(23)26)13-5-3-4-6-14(13)27-18/h11-12H,3-10H2,1-2H3,(H,20,24)(H,21,25). The number of thiophene rings is 1. The second-order valence-electron chi connectivity index (χ2n) is 7.18. The van der Waals surface area contributed by atoms with E-state index in [9.17, 15) is 14.4 Å². The largest absolute Gasteiger partial charge is 0.354 e. The van der Waals surface area contributed by atoms with Crippen molar-refractivity contribution in [2.75, 3.05) is 13.1 Å². The van der Waals surface area contributed by atoms with E-state index in [4.69, 9.17) is 0 Å². The number of rotatable bonds is 7. The van der Waals surface area contributed by atoms with Crippen LogP contribution < -0.4 is 16.2 Å². The minimum atomic E-state index is -0.145. The van der Waals surface area contributed by atoms with Crippen molar-refractivity contribution in [3.63, 3.8) is 0 Å². The van der Waals surface area contributed by atoms with Crippen LogP contribution in [-0.2, 0) is 29.0 Å². The van der Waals surface area contributed by atoms with Crippen molar-refractivity contribution >= 4 is 33.4 Å². The summed E-state index contributed by atoms with van der Waals surface area (Å²) in [5.41, 5.74) is 1.12. The van der Waals surface area contributed by atoms with Crippen molar-refractivity contribution in [1.82, 2.24) is 20.2 Å². The number of nitrogens with zero attached hydrogens (tertiary/aromatic N) is 2. The molecule has 7 nitrogen and oxygen atoms in total. The van der Waals surface area contributed by atoms with Gasteiger partial charge in [0.15, 0.2) is 0 Å². The second-order valence-corrected chi connectivity index (χ2v) is 8.26. The average molecular weight is 391 g/mol. The Bertz CT molecular complexity index is 900. The number of hydrogen-bond donors (Lipinski definition) is 2. The van der Waals surface area contributed by atoms with Gasteiger partial charge >= 0.3 is 0 Å². The number of amides is 2. The summed E-state index contributed by atoms with van der Waals surface area (Å²) in [6, 6.07) is 0. The first-order valence-corrected chi connectivity index (χ1v) is 10.3. The van der Waals surface area contributed by atoms with Gasteiger partial charge in [0.05, 0.1) is 11.7 Å². The Hall–Kier alpha value is -2.22. The SMILES string of the molecule is CC(C)C(=O)NCCNC(=O)CCn1cnc2sc3c(c2c1=O)CCCC3. The maximum atomic E-state index is 12.8. The predicted octanol–water partition coefficient (Wildman–Crippen LogP) is 1.62. The van der Waals surface area contributed by atoms with Crippen molar-refractivity contribution in [1.29, 1.82) is 0 Å². The van der Waals surface area contributed by atoms with Crippen LogP contribution in [0.3, 0.4) is 0 Å². The van der Waals surface area contributed by atoms with Gasteiger partial charge in [-0.15, -0.1) is 11.3 Å². The summed E-state index contributed by atoms with van der Waals surface area (Å²) in [7, 11) is 0. The van der Waals surface area contributed by atoms with Crippen molar-refractivity contribution in [3.8, 4) is 0 Å². The fraction of sp³-hybridized carbons (Fsp3) is 0.579. The third kappa shape index (κ3) is 4.55. The van der Waals surface area contributed by atoms with E-state index in [1.54, 1.807) is 17.7 Å². The molecule has 0 spiro atoms. The van der Waals surface area contributed by atoms with E-state index in [0.717, 1.165) is 29.5 Å². The van der Waals surface area contributed by atoms with Gasteiger partial charge < -0.3 is 10.6 Å². The number of nitrogens with one attached hydrogen (secondary N) is 2. The minimum Gasteiger partial charge on any atom is -0.354 e. The van der Waals surface area contributed by atoms with Gasteiger partial charge in [-0.3, -0.25) is 19.0 Å². The zero-order valence-electron chi connectivity index (χ0n) is 15.8. The number of aryl methyl sites for hydroxylation is 3. The third-order valence-corrected chi connectivity index (χ3v) is 5.99. The maximum absolute atomic E-state index is 12.8. The molecule has 0 bridgehead atoms. The molecular weight excluding hydrogens is 364 g/mol. The van der Waals surface area contributed by atoms with E-state index < -0.39 is 0 Å². The molecule has 0 aliphatic heterocycles. The van der Waals surface area contributed by atoms with Gasteiger partial charge in [-0.05, 0) is 31.2 Å². The van der Waals surface area contributed by atoms with Crippen LogP contribution >= 0.6 is 11.3 Å². The normalized spacial score (nSPS) is 13.6. The monoisotopic (exact) mass is 390 g/mol. The topological polar surface area (TPSA) is 93.1 Å². The molecule has 0 radical (unpaired) electrons. The highest BCUT2D eigenvalue weighted by molar-refractivity contribution is 7.18. The number of carbonyl (C=O) groups is 2. The van der Waals surface area contributed by atoms with Crippen molar-refractivity contribution in [3.05, 3.63) is 27.1 Å². The smallest absolute Gasteiger partial charge is 0.262 e. The number of aromatic nitrogens is 2. The zero-order chi connectivity index (χ0) is 19.4. The zero-order valence-corrected chi connectivity index (χ0v) is 16.7. The Morgan fingerprint density at radius 1 is 1.22 bits per heavy atom. The van der Waals surface area contributed by atoms with E-state index in [1.807, 2.05) is 13.8 Å². The van der Waals surface area contributed by atoms with Crippen LogP contribution in [0.4, 0.5) is 0 Å². The molecule has 0 unspecified atom stereocenters. The van der Waals surface area contributed by atoms with E-state index in [0.29, 0.717) is 19.6 Å². The molecule has 2 aromatic rings. The van der Waals surface area contributed by atoms with Crippen molar-refractivity contribution in [2.24, 2.45) is 5.92 Å². The molecule has 0 saturated heterocycles. The average Bonchev–Trinajstić information content (AvgIpc) is 3.03. The summed E-state index contributed by atoms with van der Waals surface area (Å²) >= 11 is 1.63. The number of hydrogen-bond acceptors (Lipinski definition) is 5. The Kier molecular flexibility index (Phi) is 6.26. The van der Waals surface area contributed by atoms with Gasteiger partial charge in [-0.25, -0.2) is 4.98 Å². The Morgan fingerprint density at radius 2 is 1.96 bits per heavy atom. The molecule has 0 aromatic carbocycles. The van der Waals surface area contributed by atoms with Gasteiger partial charge in [-0.1, -0.05) is 13.8 Å². The molecule has 146 valence electrons. The van der Waals surface area contributed by atoms with Crippen LogP contribution in [0.15, 0.2) is 11.1 Å². The Balaban J connectivity index is 1.56. The molecule has 2 N–H and O–H groups in total. The lowest BCUT2D eigenvalue weighted by atomic mass is 9.97. The van der Waals surface area contributed by atoms with Crippen LogP contribution in [0.1, 0.15) is 43.6 Å². The molecular formula is C19H26N4O3S. The summed E-state index contributed by atoms with van der Waals surface area (Å²) in [6.45, 7) is 4.72. The predicted molar refractivity (Wildman–Crippen MR) is 106 cm³/mol. The molecule has 0 atom stereocenters. The van der Waals surface area contributed by atoms with Crippen LogP contribution in [0.25, 0.3) is 10.2 Å². The molecule has 2 heterocycles. The van der Waals surface area contributed by atoms with Gasteiger partial charge in [0.25, 0.3) is 5.56 Å². The fourth-order valence-electron chi connectivity index (χ4n) is 3.24. The molecule has 2 amide bonds. The van der Waals surface area contributed by atoms with E-state index >= 15 is 0 Å². The summed E-state index contributed by atoms with van der Waals surface area (Å²) in [4.78, 5) is 42.8. The van der Waals surface area contributed by atoms with E-state index in [-0.39, 0.29) is 29.7 Å². The fourth-order valence-corrected chi connectivity index (χ4v) is 4.46. The second kappa shape index (κ2) is 8.65. The van der Waals surface area contributed by atoms with Crippen molar-refractivity contribution in [2.45, 2.75) is 52.5 Å². The first-order chi connectivity index (χ1) is 13.0. The molecule has 3 rings (SSSR count). The third-order valence-electron chi connectivity index (χ3n) is 4.79. The number of fused-ring (bicyclic) bond motifs is 3. The van der Waals surface area contributed by atoms with E-state index in [1.165, 1.54) is 21.4 Å². The molecule has 1 aliphatic carbocycles. The van der Waals surface area contributed by atoms with Gasteiger partial charge in [-0.2, -0.15) is 0 Å². The first kappa shape index (κ1) is 19.5. The first-order valence-electron chi connectivity index (χ1n) is 9.51. The lowest BCUT2D eigenvalue weighted by Crippen LogP contribution is -2.36. The summed E-state index contributed by atoms with van der Waals surface area (Å²) in [5.74, 6) is -0.250. The summed E-state index contributed by atoms with van der Waals surface area (Å²) < 4.78 is 1.53. The van der Waals surface area contributed by atoms with Crippen molar-refractivity contribution < 1.29 is 9.59 Å². The van der Waals surface area contributed by atoms with Crippen LogP contribution in [0, 0.1) is 5.92 Å². The highest BCUT2D eigenvalue weighted by Gasteiger charge is 2.20. The summed E-state index contributed by atoms with van der Waals surface area (Å²) in [6.07, 6.45) is 6.01. The number of carbonyl (C=O) groups excluding carboxylic acids is 2. The Morgan fingerprint density at radius 3 is 2.74 bits per heavy atom. The van der Waals surface area contributed by atoms with Gasteiger partial charge in [0.1, 0.15) is 4.83 Å². The van der Waals surface area contributed by atoms with Gasteiger partial charge in [0, 0.05) is 36.9 Å². The van der Waals surface area contributed by atoms with Crippen LogP contribution in [0.5, 0.6) is 0 Å². The molecule has 2 aromatic heterocycles. The Labute approximate surface area is 162 Å². The maximum Gasteiger partial charge on any atom is 0.262 e. The van der Waals surface area contributed by atoms with E-state index in [2.05, 4.69) is 15.6 Å². The highest BCUT2D eigenvalue weighted by Crippen LogP contribution is 2.33. The lowest BCUT2D eigenvalue weighted by Gasteiger charge is -2.11. The molecule has 0 saturated carbocycles. The molecule has 8 heteroatoms. The lowest BCUT2D eigenvalue weighted by molar-refractivity contribution is -0.124. The quantitative estimate of drug-likeness (QED) is 0.703. The molecule has 27 heavy (non-hydrogen) atoms. The minimum absolute atomic E-state index is 0.0331. The van der Waals surface area contributed by atoms with Crippen LogP contribution in [0.2, 0.25) is 0 Å². The molecule has 1 aliphatic rings. The van der Waals surface area contributed by atoms with Gasteiger partial charge in [0.2, 0.25) is 11.8 Å². The highest BCUT2D eigenvalue weighted by atomic mass is 32.1. The van der Waals surface area contributed by atoms with Crippen LogP contribution in [-0.4, -0.2) is 34.5 Å². The summed E-state index contributed by atoms with van der Waals surface area (Å²) in [5, 5.41) is 6.25.